The van der Waals surface area contributed by atoms with Crippen molar-refractivity contribution in [2.45, 2.75) is 69.4 Å². The van der Waals surface area contributed by atoms with Crippen molar-refractivity contribution >= 4 is 39.4 Å². The highest BCUT2D eigenvalue weighted by atomic mass is 35.5. The number of carbonyl (C=O) groups excluding carboxylic acids is 1. The third kappa shape index (κ3) is 6.59. The number of nitrogens with zero attached hydrogens (tertiary/aromatic N) is 4. The standard InChI is InChI=1S/C19H20ClN5O4S.C5H9F3O/c1-2-24-10-17(18(20)23-24)30(27,28)25-9-14(8-19(11-21)5-6-19)29-16-4-3-13(22-12-26)7-15(16)25;1-4(2,9-3)5(6,7)8/h3-4,7,10,12,14H,2,5-6,8-9H2,1H3,(H,22,26);1-3H3. The molecule has 4 rings (SSSR count). The number of aryl methyl sites for hydroxylation is 1. The molecule has 1 fully saturated rings. The maximum Gasteiger partial charge on any atom is 0.416 e. The number of nitriles is 1. The molecule has 15 heteroatoms. The minimum Gasteiger partial charge on any atom is -0.486 e. The SMILES string of the molecule is CCn1cc(S(=O)(=O)N2CC(CC3(C#N)CC3)Oc3ccc(NC=O)cc32)c(Cl)n1.COC(C)(C)C(F)(F)F. The summed E-state index contributed by atoms with van der Waals surface area (Å²) in [6.45, 7) is 4.28. The number of ether oxygens (including phenoxy) is 2. The smallest absolute Gasteiger partial charge is 0.416 e. The number of hydrogen-bond donors (Lipinski definition) is 1. The third-order valence-electron chi connectivity index (χ3n) is 6.60. The molecule has 0 saturated heterocycles. The van der Waals surface area contributed by atoms with Crippen LogP contribution in [0.2, 0.25) is 5.15 Å². The molecule has 2 aromatic rings. The van der Waals surface area contributed by atoms with Crippen molar-refractivity contribution in [2.75, 3.05) is 23.3 Å². The first-order valence-electron chi connectivity index (χ1n) is 11.9. The van der Waals surface area contributed by atoms with Crippen LogP contribution in [0, 0.1) is 16.7 Å². The number of rotatable bonds is 8. The van der Waals surface area contributed by atoms with E-state index in [1.165, 1.54) is 21.3 Å². The molecule has 2 heterocycles. The fourth-order valence-corrected chi connectivity index (χ4v) is 5.65. The topological polar surface area (TPSA) is 127 Å². The van der Waals surface area contributed by atoms with Crippen LogP contribution in [0.4, 0.5) is 24.5 Å². The summed E-state index contributed by atoms with van der Waals surface area (Å²) in [5, 5.41) is 15.9. The van der Waals surface area contributed by atoms with Gasteiger partial charge in [-0.15, -0.1) is 0 Å². The van der Waals surface area contributed by atoms with Gasteiger partial charge in [0, 0.05) is 32.0 Å². The van der Waals surface area contributed by atoms with E-state index in [0.29, 0.717) is 36.5 Å². The fourth-order valence-electron chi connectivity index (χ4n) is 3.70. The van der Waals surface area contributed by atoms with Gasteiger partial charge in [-0.05, 0) is 51.8 Å². The Morgan fingerprint density at radius 3 is 2.49 bits per heavy atom. The number of amides is 1. The monoisotopic (exact) mass is 591 g/mol. The molecule has 1 amide bonds. The normalized spacial score (nSPS) is 18.1. The van der Waals surface area contributed by atoms with Crippen molar-refractivity contribution in [3.8, 4) is 11.8 Å². The number of nitrogens with one attached hydrogen (secondary N) is 1. The quantitative estimate of drug-likeness (QED) is 0.439. The second-order valence-corrected chi connectivity index (χ2v) is 11.9. The summed E-state index contributed by atoms with van der Waals surface area (Å²) in [6, 6.07) is 7.09. The van der Waals surface area contributed by atoms with E-state index in [2.05, 4.69) is 21.2 Å². The number of benzene rings is 1. The zero-order chi connectivity index (χ0) is 29.2. The minimum atomic E-state index is -4.28. The van der Waals surface area contributed by atoms with Crippen LogP contribution in [0.1, 0.15) is 40.0 Å². The number of fused-ring (bicyclic) bond motifs is 1. The van der Waals surface area contributed by atoms with E-state index in [9.17, 15) is 31.6 Å². The number of halogens is 4. The van der Waals surface area contributed by atoms with Gasteiger partial charge in [0.1, 0.15) is 16.7 Å². The number of aromatic nitrogens is 2. The van der Waals surface area contributed by atoms with E-state index in [1.807, 2.05) is 6.92 Å². The zero-order valence-corrected chi connectivity index (χ0v) is 23.3. The second kappa shape index (κ2) is 11.2. The van der Waals surface area contributed by atoms with E-state index >= 15 is 0 Å². The lowest BCUT2D eigenvalue weighted by Gasteiger charge is -2.36. The van der Waals surface area contributed by atoms with Gasteiger partial charge in [-0.1, -0.05) is 11.6 Å². The lowest BCUT2D eigenvalue weighted by molar-refractivity contribution is -0.255. The molecule has 1 saturated carbocycles. The van der Waals surface area contributed by atoms with Gasteiger partial charge < -0.3 is 14.8 Å². The summed E-state index contributed by atoms with van der Waals surface area (Å²) in [4.78, 5) is 10.7. The first-order chi connectivity index (χ1) is 18.1. The molecule has 1 N–H and O–H groups in total. The maximum atomic E-state index is 13.5. The predicted molar refractivity (Wildman–Crippen MR) is 137 cm³/mol. The van der Waals surface area contributed by atoms with Gasteiger partial charge in [-0.3, -0.25) is 13.8 Å². The van der Waals surface area contributed by atoms with Gasteiger partial charge in [-0.2, -0.15) is 23.5 Å². The Labute approximate surface area is 229 Å². The Balaban J connectivity index is 0.000000403. The highest BCUT2D eigenvalue weighted by Crippen LogP contribution is 2.51. The van der Waals surface area contributed by atoms with Crippen molar-refractivity contribution in [1.29, 1.82) is 5.26 Å². The first-order valence-corrected chi connectivity index (χ1v) is 13.7. The molecule has 0 spiro atoms. The zero-order valence-electron chi connectivity index (χ0n) is 21.7. The lowest BCUT2D eigenvalue weighted by atomic mass is 9.99. The number of sulfonamides is 1. The van der Waals surface area contributed by atoms with E-state index < -0.39 is 33.3 Å². The predicted octanol–water partition coefficient (Wildman–Crippen LogP) is 4.75. The average Bonchev–Trinajstić information content (AvgIpc) is 3.54. The van der Waals surface area contributed by atoms with Crippen LogP contribution in [0.3, 0.4) is 0 Å². The van der Waals surface area contributed by atoms with Crippen LogP contribution >= 0.6 is 11.6 Å². The molecule has 0 bridgehead atoms. The van der Waals surface area contributed by atoms with Gasteiger partial charge in [0.2, 0.25) is 6.41 Å². The van der Waals surface area contributed by atoms with Gasteiger partial charge >= 0.3 is 6.18 Å². The molecule has 1 aromatic carbocycles. The van der Waals surface area contributed by atoms with Crippen LogP contribution in [-0.4, -0.2) is 56.1 Å². The second-order valence-electron chi connectivity index (χ2n) is 9.67. The van der Waals surface area contributed by atoms with Crippen molar-refractivity contribution in [2.24, 2.45) is 5.41 Å². The number of hydrogen-bond acceptors (Lipinski definition) is 7. The van der Waals surface area contributed by atoms with Crippen molar-refractivity contribution in [3.63, 3.8) is 0 Å². The van der Waals surface area contributed by atoms with Crippen LogP contribution in [-0.2, 0) is 26.1 Å². The molecule has 1 aliphatic carbocycles. The third-order valence-corrected chi connectivity index (χ3v) is 8.77. The molecule has 2 aliphatic rings. The summed E-state index contributed by atoms with van der Waals surface area (Å²) in [5.74, 6) is 0.360. The molecule has 1 aromatic heterocycles. The van der Waals surface area contributed by atoms with Crippen LogP contribution < -0.4 is 14.4 Å². The van der Waals surface area contributed by atoms with Gasteiger partial charge in [0.05, 0.1) is 23.7 Å². The average molecular weight is 592 g/mol. The molecule has 0 radical (unpaired) electrons. The van der Waals surface area contributed by atoms with Crippen molar-refractivity contribution in [3.05, 3.63) is 29.5 Å². The van der Waals surface area contributed by atoms with E-state index in [-0.39, 0.29) is 16.6 Å². The Kier molecular flexibility index (Phi) is 8.79. The molecule has 1 aliphatic heterocycles. The number of alkyl halides is 3. The minimum absolute atomic E-state index is 0.0247. The van der Waals surface area contributed by atoms with Crippen LogP contribution in [0.15, 0.2) is 29.3 Å². The summed E-state index contributed by atoms with van der Waals surface area (Å²) in [7, 11) is -3.03. The van der Waals surface area contributed by atoms with Gasteiger partial charge in [0.25, 0.3) is 10.0 Å². The highest BCUT2D eigenvalue weighted by Gasteiger charge is 2.48. The highest BCUT2D eigenvalue weighted by molar-refractivity contribution is 7.93. The Morgan fingerprint density at radius 2 is 2.03 bits per heavy atom. The first kappa shape index (κ1) is 30.5. The molecule has 1 unspecified atom stereocenters. The number of anilines is 2. The maximum absolute atomic E-state index is 13.5. The molecule has 214 valence electrons. The number of methoxy groups -OCH3 is 1. The van der Waals surface area contributed by atoms with E-state index in [0.717, 1.165) is 33.8 Å². The molecule has 1 atom stereocenters. The Morgan fingerprint density at radius 1 is 1.36 bits per heavy atom. The fraction of sp³-hybridized carbons (Fsp3) is 0.542. The molecule has 39 heavy (non-hydrogen) atoms. The Bertz CT molecular complexity index is 1350. The van der Waals surface area contributed by atoms with E-state index in [1.54, 1.807) is 12.1 Å². The van der Waals surface area contributed by atoms with Crippen molar-refractivity contribution in [1.82, 2.24) is 9.78 Å². The Hall–Kier alpha value is -3.02. The van der Waals surface area contributed by atoms with E-state index in [4.69, 9.17) is 16.3 Å². The van der Waals surface area contributed by atoms with Crippen LogP contribution in [0.5, 0.6) is 5.75 Å². The summed E-state index contributed by atoms with van der Waals surface area (Å²) in [5.41, 5.74) is -1.76. The number of carbonyl (C=O) groups is 1. The summed E-state index contributed by atoms with van der Waals surface area (Å²) < 4.78 is 75.1. The largest absolute Gasteiger partial charge is 0.486 e. The lowest BCUT2D eigenvalue weighted by Crippen LogP contribution is -2.44. The summed E-state index contributed by atoms with van der Waals surface area (Å²) in [6.07, 6.45) is -0.862. The molecular formula is C24H29ClF3N5O5S. The summed E-state index contributed by atoms with van der Waals surface area (Å²) >= 11 is 6.14. The van der Waals surface area contributed by atoms with Crippen LogP contribution in [0.25, 0.3) is 0 Å². The van der Waals surface area contributed by atoms with Crippen molar-refractivity contribution < 1.29 is 35.9 Å². The molecule has 10 nitrogen and oxygen atoms in total. The molecular weight excluding hydrogens is 563 g/mol. The van der Waals surface area contributed by atoms with Gasteiger partial charge in [0.15, 0.2) is 10.8 Å². The van der Waals surface area contributed by atoms with Gasteiger partial charge in [-0.25, -0.2) is 8.42 Å².